The number of nitrogens with zero attached hydrogens (tertiary/aromatic N) is 3. The van der Waals surface area contributed by atoms with Crippen molar-refractivity contribution in [3.63, 3.8) is 0 Å². The van der Waals surface area contributed by atoms with Crippen LogP contribution >= 0.6 is 0 Å². The molecule has 0 aliphatic carbocycles. The highest BCUT2D eigenvalue weighted by Crippen LogP contribution is 2.29. The van der Waals surface area contributed by atoms with Gasteiger partial charge in [-0.05, 0) is 61.2 Å². The van der Waals surface area contributed by atoms with Gasteiger partial charge in [-0.3, -0.25) is 4.79 Å². The minimum Gasteiger partial charge on any atom is -0.355 e. The van der Waals surface area contributed by atoms with Crippen LogP contribution in [0.1, 0.15) is 25.3 Å². The van der Waals surface area contributed by atoms with Crippen molar-refractivity contribution in [2.24, 2.45) is 5.92 Å². The molecule has 4 aromatic rings. The Hall–Kier alpha value is -3.34. The highest BCUT2D eigenvalue weighted by molar-refractivity contribution is 5.93. The number of piperidine rings is 1. The van der Waals surface area contributed by atoms with Crippen molar-refractivity contribution in [3.8, 4) is 0 Å². The van der Waals surface area contributed by atoms with Gasteiger partial charge in [0.05, 0.1) is 16.6 Å². The van der Waals surface area contributed by atoms with E-state index in [1.165, 1.54) is 5.56 Å². The molecule has 1 aliphatic rings. The molecule has 1 N–H and O–H groups in total. The monoisotopic (exact) mass is 398 g/mol. The first-order chi connectivity index (χ1) is 14.7. The van der Waals surface area contributed by atoms with Crippen LogP contribution in [0.25, 0.3) is 16.6 Å². The molecule has 0 unspecified atom stereocenters. The van der Waals surface area contributed by atoms with Gasteiger partial charge in [0.1, 0.15) is 0 Å². The van der Waals surface area contributed by atoms with Crippen LogP contribution in [0.5, 0.6) is 0 Å². The van der Waals surface area contributed by atoms with Crippen molar-refractivity contribution < 1.29 is 4.79 Å². The maximum atomic E-state index is 12.8. The second-order valence-electron chi connectivity index (χ2n) is 7.99. The minimum absolute atomic E-state index is 0.0368. The summed E-state index contributed by atoms with van der Waals surface area (Å²) in [6.07, 6.45) is 4.73. The SMILES string of the molecule is CCc1cccc(NC(=O)C2CCN(c3nc4ccccc4n4cccc34)CC2)c1. The third-order valence-electron chi connectivity index (χ3n) is 6.11. The van der Waals surface area contributed by atoms with Gasteiger partial charge >= 0.3 is 0 Å². The van der Waals surface area contributed by atoms with Crippen LogP contribution in [0, 0.1) is 5.92 Å². The smallest absolute Gasteiger partial charge is 0.227 e. The number of benzene rings is 2. The molecule has 2 aromatic carbocycles. The van der Waals surface area contributed by atoms with Crippen molar-refractivity contribution >= 4 is 34.0 Å². The largest absolute Gasteiger partial charge is 0.355 e. The van der Waals surface area contributed by atoms with Crippen molar-refractivity contribution in [3.05, 3.63) is 72.4 Å². The molecule has 1 aliphatic heterocycles. The van der Waals surface area contributed by atoms with Crippen molar-refractivity contribution in [2.45, 2.75) is 26.2 Å². The Balaban J connectivity index is 1.32. The summed E-state index contributed by atoms with van der Waals surface area (Å²) in [5.41, 5.74) is 5.36. The van der Waals surface area contributed by atoms with E-state index < -0.39 is 0 Å². The maximum Gasteiger partial charge on any atom is 0.227 e. The number of hydrogen-bond donors (Lipinski definition) is 1. The third kappa shape index (κ3) is 3.41. The van der Waals surface area contributed by atoms with E-state index in [-0.39, 0.29) is 11.8 Å². The molecule has 1 fully saturated rings. The summed E-state index contributed by atoms with van der Waals surface area (Å²) in [7, 11) is 0. The number of carbonyl (C=O) groups excluding carboxylic acids is 1. The Morgan fingerprint density at radius 2 is 1.83 bits per heavy atom. The minimum atomic E-state index is 0.0368. The second-order valence-corrected chi connectivity index (χ2v) is 7.99. The molecule has 0 saturated carbocycles. The maximum absolute atomic E-state index is 12.8. The zero-order chi connectivity index (χ0) is 20.5. The number of aryl methyl sites for hydroxylation is 1. The Labute approximate surface area is 176 Å². The quantitative estimate of drug-likeness (QED) is 0.532. The summed E-state index contributed by atoms with van der Waals surface area (Å²) in [5.74, 6) is 1.17. The molecule has 0 bridgehead atoms. The van der Waals surface area contributed by atoms with E-state index in [0.717, 1.165) is 60.4 Å². The number of aromatic nitrogens is 2. The number of carbonyl (C=O) groups is 1. The van der Waals surface area contributed by atoms with Gasteiger partial charge in [0.15, 0.2) is 5.82 Å². The summed E-state index contributed by atoms with van der Waals surface area (Å²) in [5, 5.41) is 3.11. The molecule has 30 heavy (non-hydrogen) atoms. The normalized spacial score (nSPS) is 15.0. The molecule has 5 rings (SSSR count). The number of anilines is 2. The summed E-state index contributed by atoms with van der Waals surface area (Å²) in [4.78, 5) is 20.1. The van der Waals surface area contributed by atoms with Crippen LogP contribution in [0.4, 0.5) is 11.5 Å². The molecular weight excluding hydrogens is 372 g/mol. The first-order valence-electron chi connectivity index (χ1n) is 10.7. The lowest BCUT2D eigenvalue weighted by Crippen LogP contribution is -2.38. The molecule has 3 heterocycles. The summed E-state index contributed by atoms with van der Waals surface area (Å²) in [6.45, 7) is 3.79. The van der Waals surface area contributed by atoms with Crippen LogP contribution < -0.4 is 10.2 Å². The van der Waals surface area contributed by atoms with Crippen LogP contribution in [0.2, 0.25) is 0 Å². The molecule has 152 valence electrons. The number of para-hydroxylation sites is 2. The number of fused-ring (bicyclic) bond motifs is 3. The first-order valence-corrected chi connectivity index (χ1v) is 10.7. The van der Waals surface area contributed by atoms with Crippen molar-refractivity contribution in [2.75, 3.05) is 23.3 Å². The molecule has 1 amide bonds. The van der Waals surface area contributed by atoms with Crippen molar-refractivity contribution in [1.82, 2.24) is 9.38 Å². The number of amides is 1. The van der Waals surface area contributed by atoms with Crippen LogP contribution in [-0.4, -0.2) is 28.4 Å². The van der Waals surface area contributed by atoms with Gasteiger partial charge in [-0.15, -0.1) is 0 Å². The van der Waals surface area contributed by atoms with E-state index in [2.05, 4.69) is 64.1 Å². The fourth-order valence-corrected chi connectivity index (χ4v) is 4.41. The number of hydrogen-bond acceptors (Lipinski definition) is 3. The molecule has 1 saturated heterocycles. The van der Waals surface area contributed by atoms with Gasteiger partial charge in [-0.25, -0.2) is 4.98 Å². The summed E-state index contributed by atoms with van der Waals surface area (Å²) < 4.78 is 2.21. The first kappa shape index (κ1) is 18.7. The van der Waals surface area contributed by atoms with E-state index in [4.69, 9.17) is 4.98 Å². The Morgan fingerprint density at radius 1 is 1.03 bits per heavy atom. The van der Waals surface area contributed by atoms with Gasteiger partial charge in [0.2, 0.25) is 5.91 Å². The number of nitrogens with one attached hydrogen (secondary N) is 1. The highest BCUT2D eigenvalue weighted by Gasteiger charge is 2.27. The highest BCUT2D eigenvalue weighted by atomic mass is 16.1. The Kier molecular flexibility index (Phi) is 4.87. The molecular formula is C25H26N4O. The fourth-order valence-electron chi connectivity index (χ4n) is 4.41. The predicted molar refractivity (Wildman–Crippen MR) is 122 cm³/mol. The third-order valence-corrected chi connectivity index (χ3v) is 6.11. The lowest BCUT2D eigenvalue weighted by Gasteiger charge is -2.32. The van der Waals surface area contributed by atoms with E-state index in [1.54, 1.807) is 0 Å². The average Bonchev–Trinajstić information content (AvgIpc) is 3.29. The van der Waals surface area contributed by atoms with Gasteiger partial charge in [0.25, 0.3) is 0 Å². The van der Waals surface area contributed by atoms with Gasteiger partial charge < -0.3 is 14.6 Å². The van der Waals surface area contributed by atoms with Gasteiger partial charge in [0, 0.05) is 30.9 Å². The molecule has 0 radical (unpaired) electrons. The van der Waals surface area contributed by atoms with E-state index in [0.29, 0.717) is 0 Å². The molecule has 5 heteroatoms. The zero-order valence-electron chi connectivity index (χ0n) is 17.2. The molecule has 2 aromatic heterocycles. The zero-order valence-corrected chi connectivity index (χ0v) is 17.2. The van der Waals surface area contributed by atoms with E-state index in [1.807, 2.05) is 24.3 Å². The number of rotatable bonds is 4. The van der Waals surface area contributed by atoms with Gasteiger partial charge in [-0.2, -0.15) is 0 Å². The average molecular weight is 399 g/mol. The summed E-state index contributed by atoms with van der Waals surface area (Å²) >= 11 is 0. The van der Waals surface area contributed by atoms with Crippen LogP contribution in [0.15, 0.2) is 66.9 Å². The van der Waals surface area contributed by atoms with E-state index in [9.17, 15) is 4.79 Å². The van der Waals surface area contributed by atoms with Crippen molar-refractivity contribution in [1.29, 1.82) is 0 Å². The van der Waals surface area contributed by atoms with Crippen LogP contribution in [0.3, 0.4) is 0 Å². The predicted octanol–water partition coefficient (Wildman–Crippen LogP) is 4.91. The standard InChI is InChI=1S/C25H26N4O/c1-2-18-7-5-8-20(17-18)26-25(30)19-12-15-28(16-13-19)24-23-11-6-14-29(23)22-10-4-3-9-21(22)27-24/h3-11,14,17,19H,2,12-13,15-16H2,1H3,(H,26,30). The van der Waals surface area contributed by atoms with E-state index >= 15 is 0 Å². The lowest BCUT2D eigenvalue weighted by atomic mass is 9.95. The van der Waals surface area contributed by atoms with Crippen LogP contribution in [-0.2, 0) is 11.2 Å². The Bertz CT molecular complexity index is 1200. The molecule has 5 nitrogen and oxygen atoms in total. The molecule has 0 spiro atoms. The fraction of sp³-hybridized carbons (Fsp3) is 0.280. The summed E-state index contributed by atoms with van der Waals surface area (Å²) in [6, 6.07) is 20.5. The van der Waals surface area contributed by atoms with Gasteiger partial charge in [-0.1, -0.05) is 31.2 Å². The lowest BCUT2D eigenvalue weighted by molar-refractivity contribution is -0.120. The second kappa shape index (κ2) is 7.82. The topological polar surface area (TPSA) is 49.6 Å². The Morgan fingerprint density at radius 3 is 2.67 bits per heavy atom. The molecule has 0 atom stereocenters.